The van der Waals surface area contributed by atoms with Crippen molar-refractivity contribution in [3.63, 3.8) is 0 Å². The van der Waals surface area contributed by atoms with E-state index in [1.54, 1.807) is 6.07 Å². The van der Waals surface area contributed by atoms with Crippen molar-refractivity contribution in [2.24, 2.45) is 0 Å². The van der Waals surface area contributed by atoms with E-state index >= 15 is 0 Å². The smallest absolute Gasteiger partial charge is 0.262 e. The van der Waals surface area contributed by atoms with Gasteiger partial charge in [-0.1, -0.05) is 29.8 Å². The van der Waals surface area contributed by atoms with E-state index in [0.717, 1.165) is 42.6 Å². The standard InChI is InChI=1S/C19H19ClN2O/c1-13-6-2-3-7-17(13)22-18(23)15-12-14(20)8-9-16(15)21-19(22)10-4-5-11-19/h2-3,6-9,12,21H,4-5,10-11H2,1H3. The first-order chi connectivity index (χ1) is 11.1. The van der Waals surface area contributed by atoms with Gasteiger partial charge in [0.2, 0.25) is 0 Å². The Labute approximate surface area is 141 Å². The van der Waals surface area contributed by atoms with Gasteiger partial charge in [-0.3, -0.25) is 9.69 Å². The fourth-order valence-corrected chi connectivity index (χ4v) is 4.06. The lowest BCUT2D eigenvalue weighted by Crippen LogP contribution is -2.59. The maximum Gasteiger partial charge on any atom is 0.262 e. The topological polar surface area (TPSA) is 32.3 Å². The summed E-state index contributed by atoms with van der Waals surface area (Å²) in [5.41, 5.74) is 3.32. The van der Waals surface area contributed by atoms with Crippen molar-refractivity contribution in [2.75, 3.05) is 10.2 Å². The van der Waals surface area contributed by atoms with E-state index in [1.807, 2.05) is 35.2 Å². The molecule has 4 rings (SSSR count). The molecule has 1 aliphatic carbocycles. The fourth-order valence-electron chi connectivity index (χ4n) is 3.89. The van der Waals surface area contributed by atoms with Gasteiger partial charge in [0.05, 0.1) is 5.56 Å². The summed E-state index contributed by atoms with van der Waals surface area (Å²) >= 11 is 6.12. The van der Waals surface area contributed by atoms with Gasteiger partial charge in [0.15, 0.2) is 0 Å². The minimum Gasteiger partial charge on any atom is -0.362 e. The molecule has 1 spiro atoms. The van der Waals surface area contributed by atoms with E-state index in [1.165, 1.54) is 0 Å². The van der Waals surface area contributed by atoms with Gasteiger partial charge < -0.3 is 5.32 Å². The van der Waals surface area contributed by atoms with Crippen molar-refractivity contribution >= 4 is 28.9 Å². The summed E-state index contributed by atoms with van der Waals surface area (Å²) in [6, 6.07) is 13.6. The quantitative estimate of drug-likeness (QED) is 0.800. The Morgan fingerprint density at radius 1 is 1.13 bits per heavy atom. The highest BCUT2D eigenvalue weighted by Crippen LogP contribution is 2.45. The summed E-state index contributed by atoms with van der Waals surface area (Å²) in [4.78, 5) is 15.3. The summed E-state index contributed by atoms with van der Waals surface area (Å²) in [6.07, 6.45) is 4.20. The average Bonchev–Trinajstić information content (AvgIpc) is 2.99. The number of amides is 1. The largest absolute Gasteiger partial charge is 0.362 e. The second-order valence-electron chi connectivity index (χ2n) is 6.48. The average molecular weight is 327 g/mol. The molecule has 4 heteroatoms. The number of nitrogens with one attached hydrogen (secondary N) is 1. The Morgan fingerprint density at radius 2 is 1.87 bits per heavy atom. The number of hydrogen-bond donors (Lipinski definition) is 1. The second kappa shape index (κ2) is 5.27. The van der Waals surface area contributed by atoms with Crippen molar-refractivity contribution < 1.29 is 4.79 Å². The molecule has 3 nitrogen and oxygen atoms in total. The minimum atomic E-state index is -0.315. The number of hydrogen-bond acceptors (Lipinski definition) is 2. The van der Waals surface area contributed by atoms with Crippen molar-refractivity contribution in [1.82, 2.24) is 0 Å². The third-order valence-electron chi connectivity index (χ3n) is 5.00. The summed E-state index contributed by atoms with van der Waals surface area (Å²) < 4.78 is 0. The van der Waals surface area contributed by atoms with Gasteiger partial charge in [0.25, 0.3) is 5.91 Å². The number of rotatable bonds is 1. The molecule has 2 aliphatic rings. The molecule has 1 fully saturated rings. The molecule has 1 amide bonds. The third kappa shape index (κ3) is 2.22. The maximum atomic E-state index is 13.3. The number of halogens is 1. The van der Waals surface area contributed by atoms with Crippen LogP contribution in [0.25, 0.3) is 0 Å². The molecular weight excluding hydrogens is 308 g/mol. The number of benzene rings is 2. The van der Waals surface area contributed by atoms with Gasteiger partial charge in [0.1, 0.15) is 5.66 Å². The predicted octanol–water partition coefficient (Wildman–Crippen LogP) is 4.99. The van der Waals surface area contributed by atoms with E-state index in [4.69, 9.17) is 11.6 Å². The highest BCUT2D eigenvalue weighted by Gasteiger charge is 2.47. The lowest BCUT2D eigenvalue weighted by atomic mass is 9.95. The first-order valence-corrected chi connectivity index (χ1v) is 8.46. The number of carbonyl (C=O) groups excluding carboxylic acids is 1. The maximum absolute atomic E-state index is 13.3. The molecule has 0 aromatic heterocycles. The van der Waals surface area contributed by atoms with Crippen LogP contribution < -0.4 is 10.2 Å². The van der Waals surface area contributed by atoms with Crippen molar-refractivity contribution in [3.8, 4) is 0 Å². The Morgan fingerprint density at radius 3 is 2.61 bits per heavy atom. The third-order valence-corrected chi connectivity index (χ3v) is 5.23. The van der Waals surface area contributed by atoms with E-state index in [2.05, 4.69) is 18.3 Å². The molecule has 23 heavy (non-hydrogen) atoms. The Kier molecular flexibility index (Phi) is 3.34. The number of fused-ring (bicyclic) bond motifs is 1. The first kappa shape index (κ1) is 14.6. The summed E-state index contributed by atoms with van der Waals surface area (Å²) in [7, 11) is 0. The minimum absolute atomic E-state index is 0.0393. The zero-order valence-corrected chi connectivity index (χ0v) is 13.9. The normalized spacial score (nSPS) is 18.9. The van der Waals surface area contributed by atoms with Crippen LogP contribution in [0, 0.1) is 6.92 Å². The lowest BCUT2D eigenvalue weighted by Gasteiger charge is -2.47. The Bertz CT molecular complexity index is 781. The second-order valence-corrected chi connectivity index (χ2v) is 6.92. The van der Waals surface area contributed by atoms with E-state index < -0.39 is 0 Å². The molecular formula is C19H19ClN2O. The number of nitrogens with zero attached hydrogens (tertiary/aromatic N) is 1. The monoisotopic (exact) mass is 326 g/mol. The van der Waals surface area contributed by atoms with Crippen molar-refractivity contribution in [3.05, 3.63) is 58.6 Å². The first-order valence-electron chi connectivity index (χ1n) is 8.09. The summed E-state index contributed by atoms with van der Waals surface area (Å²) in [5, 5.41) is 4.24. The van der Waals surface area contributed by atoms with Crippen LogP contribution in [-0.2, 0) is 0 Å². The number of aryl methyl sites for hydroxylation is 1. The van der Waals surface area contributed by atoms with Crippen LogP contribution in [0.2, 0.25) is 5.02 Å². The molecule has 1 heterocycles. The molecule has 0 bridgehead atoms. The SMILES string of the molecule is Cc1ccccc1N1C(=O)c2cc(Cl)ccc2NC12CCCC2. The van der Waals surface area contributed by atoms with Crippen molar-refractivity contribution in [2.45, 2.75) is 38.3 Å². The van der Waals surface area contributed by atoms with Crippen LogP contribution in [0.1, 0.15) is 41.6 Å². The molecule has 118 valence electrons. The molecule has 0 atom stereocenters. The number of anilines is 2. The van der Waals surface area contributed by atoms with E-state index in [-0.39, 0.29) is 11.6 Å². The van der Waals surface area contributed by atoms with Crippen LogP contribution in [0.4, 0.5) is 11.4 Å². The van der Waals surface area contributed by atoms with Gasteiger partial charge in [-0.15, -0.1) is 0 Å². The zero-order valence-electron chi connectivity index (χ0n) is 13.1. The number of carbonyl (C=O) groups is 1. The van der Waals surface area contributed by atoms with E-state index in [9.17, 15) is 4.79 Å². The molecule has 1 aliphatic heterocycles. The Hall–Kier alpha value is -2.00. The number of para-hydroxylation sites is 1. The van der Waals surface area contributed by atoms with Gasteiger partial charge in [-0.25, -0.2) is 0 Å². The van der Waals surface area contributed by atoms with Crippen LogP contribution in [0.5, 0.6) is 0 Å². The summed E-state index contributed by atoms with van der Waals surface area (Å²) in [6.45, 7) is 2.05. The van der Waals surface area contributed by atoms with Crippen molar-refractivity contribution in [1.29, 1.82) is 0 Å². The van der Waals surface area contributed by atoms with Gasteiger partial charge in [-0.05, 0) is 62.4 Å². The Balaban J connectivity index is 1.91. The van der Waals surface area contributed by atoms with E-state index in [0.29, 0.717) is 10.6 Å². The fraction of sp³-hybridized carbons (Fsp3) is 0.316. The van der Waals surface area contributed by atoms with Gasteiger partial charge in [-0.2, -0.15) is 0 Å². The van der Waals surface area contributed by atoms with Crippen LogP contribution in [0.3, 0.4) is 0 Å². The molecule has 0 saturated heterocycles. The van der Waals surface area contributed by atoms with Crippen LogP contribution >= 0.6 is 11.6 Å². The molecule has 0 radical (unpaired) electrons. The van der Waals surface area contributed by atoms with Gasteiger partial charge in [0, 0.05) is 16.4 Å². The summed E-state index contributed by atoms with van der Waals surface area (Å²) in [5.74, 6) is 0.0393. The molecule has 2 aromatic carbocycles. The highest BCUT2D eigenvalue weighted by molar-refractivity contribution is 6.31. The van der Waals surface area contributed by atoms with Crippen LogP contribution in [-0.4, -0.2) is 11.6 Å². The highest BCUT2D eigenvalue weighted by atomic mass is 35.5. The molecule has 2 aromatic rings. The molecule has 1 N–H and O–H groups in total. The predicted molar refractivity (Wildman–Crippen MR) is 94.3 cm³/mol. The molecule has 0 unspecified atom stereocenters. The van der Waals surface area contributed by atoms with Crippen LogP contribution in [0.15, 0.2) is 42.5 Å². The molecule has 1 saturated carbocycles. The zero-order chi connectivity index (χ0) is 16.0. The van der Waals surface area contributed by atoms with Gasteiger partial charge >= 0.3 is 0 Å². The lowest BCUT2D eigenvalue weighted by molar-refractivity contribution is 0.0954.